The van der Waals surface area contributed by atoms with Gasteiger partial charge in [-0.3, -0.25) is 4.79 Å². The first-order valence-electron chi connectivity index (χ1n) is 4.26. The van der Waals surface area contributed by atoms with Crippen molar-refractivity contribution in [2.24, 2.45) is 0 Å². The highest BCUT2D eigenvalue weighted by atomic mass is 35.5. The Morgan fingerprint density at radius 1 is 1.27 bits per heavy atom. The Morgan fingerprint density at radius 3 is 2.80 bits per heavy atom. The van der Waals surface area contributed by atoms with E-state index < -0.39 is 0 Å². The highest BCUT2D eigenvalue weighted by molar-refractivity contribution is 6.29. The van der Waals surface area contributed by atoms with Crippen molar-refractivity contribution in [2.45, 2.75) is 6.54 Å². The monoisotopic (exact) mass is 222 g/mol. The molecule has 0 N–H and O–H groups in total. The van der Waals surface area contributed by atoms with Crippen LogP contribution in [0.25, 0.3) is 0 Å². The zero-order valence-corrected chi connectivity index (χ0v) is 8.42. The van der Waals surface area contributed by atoms with E-state index in [1.165, 1.54) is 10.7 Å². The van der Waals surface area contributed by atoms with Crippen molar-refractivity contribution in [3.63, 3.8) is 0 Å². The fraction of sp³-hybridized carbons (Fsp3) is 0.111. The van der Waals surface area contributed by atoms with Gasteiger partial charge in [-0.1, -0.05) is 11.6 Å². The summed E-state index contributed by atoms with van der Waals surface area (Å²) in [7, 11) is 0. The minimum absolute atomic E-state index is 0.172. The molecule has 15 heavy (non-hydrogen) atoms. The van der Waals surface area contributed by atoms with Gasteiger partial charge in [-0.15, -0.1) is 5.10 Å². The normalized spacial score (nSPS) is 10.2. The molecule has 0 bridgehead atoms. The molecule has 0 saturated carbocycles. The van der Waals surface area contributed by atoms with E-state index in [0.29, 0.717) is 17.4 Å². The molecule has 0 fully saturated rings. The van der Waals surface area contributed by atoms with Crippen LogP contribution in [-0.2, 0) is 6.54 Å². The maximum absolute atomic E-state index is 11.3. The number of rotatable bonds is 2. The quantitative estimate of drug-likeness (QED) is 0.752. The average Bonchev–Trinajstić information content (AvgIpc) is 2.25. The summed E-state index contributed by atoms with van der Waals surface area (Å²) in [5.74, 6) is 0. The van der Waals surface area contributed by atoms with Gasteiger partial charge in [0.05, 0.1) is 12.2 Å². The third-order valence-corrected chi connectivity index (χ3v) is 1.99. The summed E-state index contributed by atoms with van der Waals surface area (Å²) in [5, 5.41) is 11.7. The molecule has 0 aliphatic carbocycles. The van der Waals surface area contributed by atoms with Crippen molar-refractivity contribution >= 4 is 11.6 Å². The summed E-state index contributed by atoms with van der Waals surface area (Å²) >= 11 is 5.59. The zero-order chi connectivity index (χ0) is 10.7. The van der Waals surface area contributed by atoms with E-state index in [1.54, 1.807) is 24.4 Å². The third-order valence-electron chi connectivity index (χ3n) is 1.78. The van der Waals surface area contributed by atoms with Gasteiger partial charge in [0.1, 0.15) is 0 Å². The summed E-state index contributed by atoms with van der Waals surface area (Å²) in [5.41, 5.74) is 0.467. The standard InChI is InChI=1S/C9H7ClN4O/c10-8-4-3-7(12-13-8)6-14-9(15)2-1-5-11-14/h1-5H,6H2. The largest absolute Gasteiger partial charge is 0.268 e. The van der Waals surface area contributed by atoms with Gasteiger partial charge < -0.3 is 0 Å². The van der Waals surface area contributed by atoms with E-state index in [-0.39, 0.29) is 5.56 Å². The number of aromatic nitrogens is 4. The fourth-order valence-corrected chi connectivity index (χ4v) is 1.19. The van der Waals surface area contributed by atoms with E-state index in [4.69, 9.17) is 11.6 Å². The van der Waals surface area contributed by atoms with E-state index in [0.717, 1.165) is 0 Å². The first-order valence-corrected chi connectivity index (χ1v) is 4.64. The lowest BCUT2D eigenvalue weighted by Crippen LogP contribution is -2.22. The Morgan fingerprint density at radius 2 is 2.13 bits per heavy atom. The number of nitrogens with zero attached hydrogens (tertiary/aromatic N) is 4. The molecule has 76 valence electrons. The van der Waals surface area contributed by atoms with Crippen LogP contribution in [0.4, 0.5) is 0 Å². The summed E-state index contributed by atoms with van der Waals surface area (Å²) in [6, 6.07) is 6.36. The second-order valence-corrected chi connectivity index (χ2v) is 3.25. The van der Waals surface area contributed by atoms with Crippen LogP contribution in [0.15, 0.2) is 35.3 Å². The Bertz CT molecular complexity index is 508. The fourth-order valence-electron chi connectivity index (χ4n) is 1.09. The first-order chi connectivity index (χ1) is 7.25. The van der Waals surface area contributed by atoms with Gasteiger partial charge in [-0.25, -0.2) is 4.68 Å². The van der Waals surface area contributed by atoms with Gasteiger partial charge in [0.2, 0.25) is 0 Å². The van der Waals surface area contributed by atoms with Crippen molar-refractivity contribution in [1.29, 1.82) is 0 Å². The van der Waals surface area contributed by atoms with Gasteiger partial charge in [0, 0.05) is 12.3 Å². The second-order valence-electron chi connectivity index (χ2n) is 2.87. The van der Waals surface area contributed by atoms with Gasteiger partial charge in [-0.2, -0.15) is 10.2 Å². The molecule has 6 heteroatoms. The Labute approximate surface area is 90.3 Å². The molecule has 0 radical (unpaired) electrons. The smallest absolute Gasteiger partial charge is 0.267 e. The Balaban J connectivity index is 2.26. The molecule has 0 aromatic carbocycles. The minimum atomic E-state index is -0.172. The van der Waals surface area contributed by atoms with Crippen LogP contribution in [0.1, 0.15) is 5.69 Å². The van der Waals surface area contributed by atoms with Crippen molar-refractivity contribution in [2.75, 3.05) is 0 Å². The topological polar surface area (TPSA) is 60.7 Å². The van der Waals surface area contributed by atoms with Crippen LogP contribution in [0.2, 0.25) is 5.15 Å². The van der Waals surface area contributed by atoms with E-state index >= 15 is 0 Å². The molecule has 0 unspecified atom stereocenters. The highest BCUT2D eigenvalue weighted by Gasteiger charge is 1.99. The highest BCUT2D eigenvalue weighted by Crippen LogP contribution is 2.02. The van der Waals surface area contributed by atoms with Crippen LogP contribution < -0.4 is 5.56 Å². The molecule has 0 spiro atoms. The lowest BCUT2D eigenvalue weighted by molar-refractivity contribution is 0.621. The lowest BCUT2D eigenvalue weighted by Gasteiger charge is -2.01. The van der Waals surface area contributed by atoms with Crippen LogP contribution in [-0.4, -0.2) is 20.0 Å². The first kappa shape index (κ1) is 9.79. The Hall–Kier alpha value is -1.75. The van der Waals surface area contributed by atoms with Crippen molar-refractivity contribution in [3.8, 4) is 0 Å². The molecule has 0 aliphatic rings. The molecule has 2 rings (SSSR count). The second kappa shape index (κ2) is 4.18. The molecule has 2 heterocycles. The molecule has 5 nitrogen and oxygen atoms in total. The van der Waals surface area contributed by atoms with E-state index in [1.807, 2.05) is 0 Å². The third kappa shape index (κ3) is 2.38. The maximum atomic E-state index is 11.3. The molecule has 2 aromatic rings. The van der Waals surface area contributed by atoms with Gasteiger partial charge >= 0.3 is 0 Å². The van der Waals surface area contributed by atoms with Crippen LogP contribution in [0, 0.1) is 0 Å². The van der Waals surface area contributed by atoms with Crippen LogP contribution in [0.3, 0.4) is 0 Å². The number of halogens is 1. The summed E-state index contributed by atoms with van der Waals surface area (Å²) in [4.78, 5) is 11.3. The molecule has 2 aromatic heterocycles. The number of hydrogen-bond donors (Lipinski definition) is 0. The zero-order valence-electron chi connectivity index (χ0n) is 7.67. The van der Waals surface area contributed by atoms with Gasteiger partial charge in [-0.05, 0) is 18.2 Å². The lowest BCUT2D eigenvalue weighted by atomic mass is 10.4. The summed E-state index contributed by atoms with van der Waals surface area (Å²) in [6.45, 7) is 0.295. The predicted molar refractivity (Wildman–Crippen MR) is 54.6 cm³/mol. The summed E-state index contributed by atoms with van der Waals surface area (Å²) in [6.07, 6.45) is 1.55. The Kier molecular flexibility index (Phi) is 2.73. The van der Waals surface area contributed by atoms with Crippen molar-refractivity contribution < 1.29 is 0 Å². The molecular weight excluding hydrogens is 216 g/mol. The van der Waals surface area contributed by atoms with Crippen molar-refractivity contribution in [3.05, 3.63) is 51.7 Å². The molecular formula is C9H7ClN4O. The molecule has 0 aliphatic heterocycles. The average molecular weight is 223 g/mol. The molecule has 0 saturated heterocycles. The maximum Gasteiger partial charge on any atom is 0.267 e. The van der Waals surface area contributed by atoms with Crippen LogP contribution in [0.5, 0.6) is 0 Å². The number of hydrogen-bond acceptors (Lipinski definition) is 4. The predicted octanol–water partition coefficient (Wildman–Crippen LogP) is 0.735. The van der Waals surface area contributed by atoms with Gasteiger partial charge in [0.15, 0.2) is 5.15 Å². The van der Waals surface area contributed by atoms with E-state index in [9.17, 15) is 4.79 Å². The van der Waals surface area contributed by atoms with Crippen LogP contribution >= 0.6 is 11.6 Å². The SMILES string of the molecule is O=c1cccnn1Cc1ccc(Cl)nn1. The molecule has 0 atom stereocenters. The van der Waals surface area contributed by atoms with E-state index in [2.05, 4.69) is 15.3 Å². The van der Waals surface area contributed by atoms with Gasteiger partial charge in [0.25, 0.3) is 5.56 Å². The molecule has 0 amide bonds. The van der Waals surface area contributed by atoms with Crippen molar-refractivity contribution in [1.82, 2.24) is 20.0 Å². The summed E-state index contributed by atoms with van der Waals surface area (Å²) < 4.78 is 1.30. The minimum Gasteiger partial charge on any atom is -0.268 e.